The van der Waals surface area contributed by atoms with Crippen LogP contribution >= 0.6 is 7.37 Å². The van der Waals surface area contributed by atoms with Crippen molar-refractivity contribution in [3.63, 3.8) is 0 Å². The average Bonchev–Trinajstić information content (AvgIpc) is 2.60. The molecule has 2 fully saturated rings. The molecule has 0 aromatic carbocycles. The molecule has 0 saturated carbocycles. The summed E-state index contributed by atoms with van der Waals surface area (Å²) in [5, 5.41) is 0. The lowest BCUT2D eigenvalue weighted by Crippen LogP contribution is -2.43. The van der Waals surface area contributed by atoms with Crippen molar-refractivity contribution in [2.45, 2.75) is 91.8 Å². The van der Waals surface area contributed by atoms with Crippen molar-refractivity contribution < 1.29 is 18.6 Å². The molecule has 2 heterocycles. The van der Waals surface area contributed by atoms with Gasteiger partial charge in [-0.15, -0.1) is 0 Å². The molecule has 0 aromatic rings. The molecule has 2 rings (SSSR count). The van der Waals surface area contributed by atoms with Crippen LogP contribution in [0.1, 0.15) is 61.3 Å². The summed E-state index contributed by atoms with van der Waals surface area (Å²) in [5.74, 6) is 0.265. The van der Waals surface area contributed by atoms with Crippen LogP contribution in [0.15, 0.2) is 0 Å². The van der Waals surface area contributed by atoms with E-state index in [1.807, 2.05) is 13.8 Å². The number of rotatable bonds is 5. The molecule has 2 saturated heterocycles. The third-order valence-corrected chi connectivity index (χ3v) is 8.14. The summed E-state index contributed by atoms with van der Waals surface area (Å²) < 4.78 is 31.5. The largest absolute Gasteiger partial charge is 0.372 e. The topological polar surface area (TPSA) is 44.8 Å². The van der Waals surface area contributed by atoms with Gasteiger partial charge in [0.15, 0.2) is 0 Å². The summed E-state index contributed by atoms with van der Waals surface area (Å²) in [7, 11) is -2.54. The minimum atomic E-state index is -2.54. The van der Waals surface area contributed by atoms with E-state index < -0.39 is 7.37 Å². The Kier molecular flexibility index (Phi) is 6.05. The zero-order valence-electron chi connectivity index (χ0n) is 15.9. The summed E-state index contributed by atoms with van der Waals surface area (Å²) in [6, 6.07) is 0. The zero-order chi connectivity index (χ0) is 17.4. The molecular weight excluding hydrogens is 311 g/mol. The summed E-state index contributed by atoms with van der Waals surface area (Å²) in [6.45, 7) is 14.6. The molecule has 0 unspecified atom stereocenters. The second kappa shape index (κ2) is 7.15. The van der Waals surface area contributed by atoms with Crippen LogP contribution in [0.2, 0.25) is 0 Å². The first kappa shape index (κ1) is 19.4. The second-order valence-electron chi connectivity index (χ2n) is 8.45. The lowest BCUT2D eigenvalue weighted by Gasteiger charge is -2.37. The molecule has 2 aliphatic heterocycles. The van der Waals surface area contributed by atoms with E-state index in [0.29, 0.717) is 12.3 Å². The molecule has 5 atom stereocenters. The Morgan fingerprint density at radius 2 is 1.83 bits per heavy atom. The van der Waals surface area contributed by atoms with E-state index in [1.165, 1.54) is 0 Å². The van der Waals surface area contributed by atoms with Gasteiger partial charge in [0.2, 0.25) is 7.37 Å². The van der Waals surface area contributed by atoms with E-state index in [2.05, 4.69) is 34.6 Å². The lowest BCUT2D eigenvalue weighted by atomic mass is 9.79. The highest BCUT2D eigenvalue weighted by Crippen LogP contribution is 2.56. The average molecular weight is 346 g/mol. The number of hydrogen-bond acceptors (Lipinski definition) is 4. The Morgan fingerprint density at radius 3 is 2.39 bits per heavy atom. The highest BCUT2D eigenvalue weighted by Gasteiger charge is 2.53. The van der Waals surface area contributed by atoms with Gasteiger partial charge in [-0.1, -0.05) is 13.8 Å². The molecule has 2 aliphatic rings. The van der Waals surface area contributed by atoms with Crippen LogP contribution < -0.4 is 0 Å². The van der Waals surface area contributed by atoms with Crippen molar-refractivity contribution in [2.75, 3.05) is 12.3 Å². The van der Waals surface area contributed by atoms with Crippen LogP contribution in [-0.4, -0.2) is 42.8 Å². The maximum absolute atomic E-state index is 13.1. The maximum Gasteiger partial charge on any atom is 0.203 e. The first-order chi connectivity index (χ1) is 10.5. The van der Waals surface area contributed by atoms with E-state index in [9.17, 15) is 4.57 Å². The van der Waals surface area contributed by atoms with Crippen LogP contribution in [-0.2, 0) is 18.6 Å². The van der Waals surface area contributed by atoms with Gasteiger partial charge in [-0.2, -0.15) is 0 Å². The third-order valence-electron chi connectivity index (χ3n) is 5.31. The third kappa shape index (κ3) is 4.39. The van der Waals surface area contributed by atoms with Crippen LogP contribution in [0.3, 0.4) is 0 Å². The zero-order valence-corrected chi connectivity index (χ0v) is 16.8. The molecule has 0 N–H and O–H groups in total. The van der Waals surface area contributed by atoms with E-state index >= 15 is 0 Å². The minimum Gasteiger partial charge on any atom is -0.372 e. The van der Waals surface area contributed by atoms with Gasteiger partial charge < -0.3 is 14.0 Å². The van der Waals surface area contributed by atoms with Gasteiger partial charge >= 0.3 is 0 Å². The Morgan fingerprint density at radius 1 is 1.17 bits per heavy atom. The van der Waals surface area contributed by atoms with Crippen LogP contribution in [0.5, 0.6) is 0 Å². The summed E-state index contributed by atoms with van der Waals surface area (Å²) in [5.41, 5.74) is -0.0325. The standard InChI is InChI=1S/C18H35O4P/c1-12(2)20-17-16(21-14(5)18(17,6)7)15-9-8-10-23(19,11-15)22-13(3)4/h12-17H,8-11H2,1-7H3/t14-,15-,16+,17+,23+/m0/s1. The monoisotopic (exact) mass is 346 g/mol. The van der Waals surface area contributed by atoms with Crippen molar-refractivity contribution in [1.29, 1.82) is 0 Å². The molecule has 0 spiro atoms. The van der Waals surface area contributed by atoms with Crippen molar-refractivity contribution in [3.05, 3.63) is 0 Å². The molecule has 5 heteroatoms. The van der Waals surface area contributed by atoms with Gasteiger partial charge in [0.05, 0.1) is 30.5 Å². The quantitative estimate of drug-likeness (QED) is 0.677. The molecule has 23 heavy (non-hydrogen) atoms. The highest BCUT2D eigenvalue weighted by atomic mass is 31.2. The van der Waals surface area contributed by atoms with Gasteiger partial charge in [0.25, 0.3) is 0 Å². The van der Waals surface area contributed by atoms with Gasteiger partial charge in [-0.05, 0) is 53.4 Å². The maximum atomic E-state index is 13.1. The van der Waals surface area contributed by atoms with E-state index in [4.69, 9.17) is 14.0 Å². The molecule has 136 valence electrons. The van der Waals surface area contributed by atoms with Crippen molar-refractivity contribution in [3.8, 4) is 0 Å². The highest BCUT2D eigenvalue weighted by molar-refractivity contribution is 7.59. The smallest absolute Gasteiger partial charge is 0.203 e. The molecule has 0 radical (unpaired) electrons. The second-order valence-corrected chi connectivity index (χ2v) is 11.1. The Balaban J connectivity index is 2.16. The van der Waals surface area contributed by atoms with Gasteiger partial charge in [-0.3, -0.25) is 4.57 Å². The lowest BCUT2D eigenvalue weighted by molar-refractivity contribution is -0.0790. The van der Waals surface area contributed by atoms with E-state index in [-0.39, 0.29) is 41.9 Å². The minimum absolute atomic E-state index is 0.0159. The normalized spacial score (nSPS) is 40.9. The first-order valence-electron chi connectivity index (χ1n) is 9.12. The van der Waals surface area contributed by atoms with Crippen molar-refractivity contribution in [1.82, 2.24) is 0 Å². The Hall–Kier alpha value is 0.110. The summed E-state index contributed by atoms with van der Waals surface area (Å²) >= 11 is 0. The summed E-state index contributed by atoms with van der Waals surface area (Å²) in [4.78, 5) is 0. The SMILES string of the molecule is CC(C)O[C@@H]1[C@@H]([C@H]2CCC[P@@](=O)(OC(C)C)C2)O[C@@H](C)C1(C)C. The van der Waals surface area contributed by atoms with Gasteiger partial charge in [-0.25, -0.2) is 0 Å². The van der Waals surface area contributed by atoms with Gasteiger partial charge in [0, 0.05) is 17.7 Å². The summed E-state index contributed by atoms with van der Waals surface area (Å²) in [6.07, 6.45) is 3.75. The van der Waals surface area contributed by atoms with E-state index in [0.717, 1.165) is 12.8 Å². The fourth-order valence-electron chi connectivity index (χ4n) is 3.92. The van der Waals surface area contributed by atoms with Crippen LogP contribution in [0.25, 0.3) is 0 Å². The molecular formula is C18H35O4P. The predicted octanol–water partition coefficient (Wildman–Crippen LogP) is 4.71. The fraction of sp³-hybridized carbons (Fsp3) is 1.00. The number of hydrogen-bond donors (Lipinski definition) is 0. The molecule has 0 bridgehead atoms. The molecule has 0 aliphatic carbocycles. The number of ether oxygens (including phenoxy) is 2. The molecule has 4 nitrogen and oxygen atoms in total. The Bertz CT molecular complexity index is 446. The molecule has 0 amide bonds. The predicted molar refractivity (Wildman–Crippen MR) is 94.4 cm³/mol. The van der Waals surface area contributed by atoms with Crippen LogP contribution in [0.4, 0.5) is 0 Å². The van der Waals surface area contributed by atoms with Crippen molar-refractivity contribution in [2.24, 2.45) is 11.3 Å². The fourth-order valence-corrected chi connectivity index (χ4v) is 6.84. The van der Waals surface area contributed by atoms with Crippen LogP contribution in [0, 0.1) is 11.3 Å². The first-order valence-corrected chi connectivity index (χ1v) is 11.1. The van der Waals surface area contributed by atoms with Gasteiger partial charge in [0.1, 0.15) is 0 Å². The van der Waals surface area contributed by atoms with E-state index in [1.54, 1.807) is 0 Å². The Labute approximate surface area is 142 Å². The van der Waals surface area contributed by atoms with Crippen molar-refractivity contribution >= 4 is 7.37 Å². The molecule has 0 aromatic heterocycles.